The third kappa shape index (κ3) is 4.62. The maximum absolute atomic E-state index is 4.74. The van der Waals surface area contributed by atoms with Crippen molar-refractivity contribution in [3.05, 3.63) is 138 Å². The van der Waals surface area contributed by atoms with Crippen molar-refractivity contribution in [2.45, 2.75) is 12.8 Å². The quantitative estimate of drug-likeness (QED) is 0.324. The van der Waals surface area contributed by atoms with Gasteiger partial charge in [-0.25, -0.2) is 0 Å². The van der Waals surface area contributed by atoms with Gasteiger partial charge in [0.2, 0.25) is 0 Å². The molecule has 0 radical (unpaired) electrons. The van der Waals surface area contributed by atoms with E-state index in [-0.39, 0.29) is 0 Å². The van der Waals surface area contributed by atoms with E-state index in [0.717, 1.165) is 35.4 Å². The van der Waals surface area contributed by atoms with Crippen LogP contribution in [0.2, 0.25) is 0 Å². The van der Waals surface area contributed by atoms with Crippen molar-refractivity contribution in [2.24, 2.45) is 0 Å². The van der Waals surface area contributed by atoms with Crippen molar-refractivity contribution in [2.75, 3.05) is 0 Å². The fourth-order valence-corrected chi connectivity index (χ4v) is 3.92. The third-order valence-corrected chi connectivity index (χ3v) is 5.51. The predicted octanol–water partition coefficient (Wildman–Crippen LogP) is 6.39. The van der Waals surface area contributed by atoms with Gasteiger partial charge in [0, 0.05) is 35.9 Å². The van der Waals surface area contributed by atoms with Gasteiger partial charge in [0.05, 0.1) is 11.4 Å². The Bertz CT molecular complexity index is 1300. The lowest BCUT2D eigenvalue weighted by Crippen LogP contribution is -1.96. The van der Waals surface area contributed by atoms with Gasteiger partial charge in [0.15, 0.2) is 0 Å². The molecule has 0 amide bonds. The Balaban J connectivity index is 1.39. The molecule has 0 atom stereocenters. The molecule has 0 bridgehead atoms. The topological polar surface area (TPSA) is 38.7 Å². The van der Waals surface area contributed by atoms with Gasteiger partial charge in [-0.15, -0.1) is 0 Å². The minimum absolute atomic E-state index is 0.844. The Morgan fingerprint density at radius 1 is 0.531 bits per heavy atom. The average Bonchev–Trinajstić information content (AvgIpc) is 2.86. The number of aromatic nitrogens is 3. The number of benzene rings is 2. The van der Waals surface area contributed by atoms with Gasteiger partial charge >= 0.3 is 0 Å². The molecular weight excluding hydrogens is 390 g/mol. The Hall–Kier alpha value is -4.11. The molecule has 0 N–H and O–H groups in total. The van der Waals surface area contributed by atoms with Gasteiger partial charge in [0.25, 0.3) is 0 Å². The number of pyridine rings is 3. The Labute approximate surface area is 188 Å². The molecule has 3 heterocycles. The molecule has 5 aromatic rings. The summed E-state index contributed by atoms with van der Waals surface area (Å²) in [6.45, 7) is 0. The summed E-state index contributed by atoms with van der Waals surface area (Å²) in [7, 11) is 0. The van der Waals surface area contributed by atoms with Crippen molar-refractivity contribution < 1.29 is 0 Å². The molecule has 0 unspecified atom stereocenters. The van der Waals surface area contributed by atoms with Crippen molar-refractivity contribution in [3.63, 3.8) is 0 Å². The van der Waals surface area contributed by atoms with E-state index in [9.17, 15) is 0 Å². The van der Waals surface area contributed by atoms with Crippen LogP contribution < -0.4 is 0 Å². The van der Waals surface area contributed by atoms with Crippen molar-refractivity contribution in [1.82, 2.24) is 15.0 Å². The Kier molecular flexibility index (Phi) is 5.80. The monoisotopic (exact) mass is 413 g/mol. The summed E-state index contributed by atoms with van der Waals surface area (Å²) in [4.78, 5) is 13.8. The zero-order valence-electron chi connectivity index (χ0n) is 17.7. The van der Waals surface area contributed by atoms with Crippen LogP contribution in [0, 0.1) is 0 Å². The normalized spacial score (nSPS) is 10.8. The lowest BCUT2D eigenvalue weighted by molar-refractivity contribution is 1.14. The van der Waals surface area contributed by atoms with Crippen molar-refractivity contribution >= 4 is 0 Å². The standard InChI is InChI=1S/C29H23N3/c1-3-8-22(9-4-1)16-24-18-27(20-30-19-24)28-14-13-26(21-32-28)29-25(12-7-15-31-29)17-23-10-5-2-6-11-23/h1-15,18-21H,16-17H2. The van der Waals surface area contributed by atoms with Crippen LogP contribution in [0.3, 0.4) is 0 Å². The lowest BCUT2D eigenvalue weighted by Gasteiger charge is -2.10. The average molecular weight is 414 g/mol. The van der Waals surface area contributed by atoms with Crippen LogP contribution in [0.5, 0.6) is 0 Å². The van der Waals surface area contributed by atoms with Gasteiger partial charge in [0.1, 0.15) is 0 Å². The largest absolute Gasteiger partial charge is 0.264 e. The first-order chi connectivity index (χ1) is 15.8. The second kappa shape index (κ2) is 9.36. The zero-order valence-corrected chi connectivity index (χ0v) is 17.7. The summed E-state index contributed by atoms with van der Waals surface area (Å²) in [6, 6.07) is 31.4. The van der Waals surface area contributed by atoms with E-state index in [4.69, 9.17) is 4.98 Å². The second-order valence-corrected chi connectivity index (χ2v) is 7.85. The minimum atomic E-state index is 0.844. The van der Waals surface area contributed by atoms with E-state index >= 15 is 0 Å². The number of hydrogen-bond donors (Lipinski definition) is 0. The molecule has 0 saturated heterocycles. The van der Waals surface area contributed by atoms with Crippen LogP contribution >= 0.6 is 0 Å². The molecule has 32 heavy (non-hydrogen) atoms. The van der Waals surface area contributed by atoms with Gasteiger partial charge in [-0.3, -0.25) is 15.0 Å². The van der Waals surface area contributed by atoms with E-state index in [1.165, 1.54) is 22.3 Å². The third-order valence-electron chi connectivity index (χ3n) is 5.51. The summed E-state index contributed by atoms with van der Waals surface area (Å²) < 4.78 is 0. The molecule has 0 saturated carbocycles. The van der Waals surface area contributed by atoms with Crippen LogP contribution in [-0.2, 0) is 12.8 Å². The summed E-state index contributed by atoms with van der Waals surface area (Å²) in [5.74, 6) is 0. The highest BCUT2D eigenvalue weighted by atomic mass is 14.7. The highest BCUT2D eigenvalue weighted by Gasteiger charge is 2.09. The molecule has 3 nitrogen and oxygen atoms in total. The van der Waals surface area contributed by atoms with Crippen LogP contribution in [0.25, 0.3) is 22.5 Å². The van der Waals surface area contributed by atoms with Crippen LogP contribution in [0.15, 0.2) is 116 Å². The molecular formula is C29H23N3. The Morgan fingerprint density at radius 3 is 2.00 bits per heavy atom. The van der Waals surface area contributed by atoms with Gasteiger partial charge < -0.3 is 0 Å². The molecule has 3 heteroatoms. The minimum Gasteiger partial charge on any atom is -0.264 e. The summed E-state index contributed by atoms with van der Waals surface area (Å²) in [5.41, 5.74) is 8.85. The molecule has 5 rings (SSSR count). The van der Waals surface area contributed by atoms with Crippen LogP contribution in [0.4, 0.5) is 0 Å². The van der Waals surface area contributed by atoms with Gasteiger partial charge in [-0.2, -0.15) is 0 Å². The zero-order chi connectivity index (χ0) is 21.6. The van der Waals surface area contributed by atoms with Gasteiger partial charge in [-0.05, 0) is 59.4 Å². The molecule has 0 fully saturated rings. The predicted molar refractivity (Wildman–Crippen MR) is 129 cm³/mol. The van der Waals surface area contributed by atoms with Gasteiger partial charge in [-0.1, -0.05) is 66.7 Å². The fraction of sp³-hybridized carbons (Fsp3) is 0.0690. The summed E-state index contributed by atoms with van der Waals surface area (Å²) >= 11 is 0. The van der Waals surface area contributed by atoms with E-state index in [1.54, 1.807) is 0 Å². The molecule has 0 aliphatic heterocycles. The molecule has 0 spiro atoms. The number of nitrogens with zero attached hydrogens (tertiary/aromatic N) is 3. The molecule has 0 aliphatic carbocycles. The first-order valence-corrected chi connectivity index (χ1v) is 10.8. The highest BCUT2D eigenvalue weighted by Crippen LogP contribution is 2.26. The van der Waals surface area contributed by atoms with E-state index in [2.05, 4.69) is 82.8 Å². The molecule has 3 aromatic heterocycles. The van der Waals surface area contributed by atoms with E-state index < -0.39 is 0 Å². The first kappa shape index (κ1) is 19.8. The van der Waals surface area contributed by atoms with Crippen LogP contribution in [0.1, 0.15) is 22.3 Å². The molecule has 0 aliphatic rings. The Morgan fingerprint density at radius 2 is 1.28 bits per heavy atom. The lowest BCUT2D eigenvalue weighted by atomic mass is 10.00. The number of hydrogen-bond acceptors (Lipinski definition) is 3. The number of rotatable bonds is 6. The highest BCUT2D eigenvalue weighted by molar-refractivity contribution is 5.67. The molecule has 2 aromatic carbocycles. The SMILES string of the molecule is c1ccc(Cc2cncc(-c3ccc(-c4ncccc4Cc4ccccc4)cn3)c2)cc1. The fourth-order valence-electron chi connectivity index (χ4n) is 3.92. The molecule has 154 valence electrons. The van der Waals surface area contributed by atoms with Crippen molar-refractivity contribution in [1.29, 1.82) is 0 Å². The maximum Gasteiger partial charge on any atom is 0.0752 e. The van der Waals surface area contributed by atoms with Crippen molar-refractivity contribution in [3.8, 4) is 22.5 Å². The van der Waals surface area contributed by atoms with E-state index in [1.807, 2.05) is 43.0 Å². The second-order valence-electron chi connectivity index (χ2n) is 7.85. The maximum atomic E-state index is 4.74. The first-order valence-electron chi connectivity index (χ1n) is 10.8. The summed E-state index contributed by atoms with van der Waals surface area (Å²) in [6.07, 6.45) is 9.26. The van der Waals surface area contributed by atoms with E-state index in [0.29, 0.717) is 0 Å². The van der Waals surface area contributed by atoms with Crippen LogP contribution in [-0.4, -0.2) is 15.0 Å². The summed E-state index contributed by atoms with van der Waals surface area (Å²) in [5, 5.41) is 0. The smallest absolute Gasteiger partial charge is 0.0752 e.